The van der Waals surface area contributed by atoms with Crippen LogP contribution in [0.1, 0.15) is 36.9 Å². The van der Waals surface area contributed by atoms with Crippen LogP contribution in [0.5, 0.6) is 0 Å². The Balaban J connectivity index is 2.11. The van der Waals surface area contributed by atoms with Crippen molar-refractivity contribution in [2.45, 2.75) is 32.4 Å². The normalized spacial score (nSPS) is 12.6. The molecule has 1 aromatic heterocycles. The van der Waals surface area contributed by atoms with Crippen LogP contribution in [0.2, 0.25) is 5.02 Å². The summed E-state index contributed by atoms with van der Waals surface area (Å²) in [5.74, 6) is -0.277. The zero-order valence-corrected chi connectivity index (χ0v) is 11.7. The molecular weight excluding hydrogens is 263 g/mol. The van der Waals surface area contributed by atoms with Crippen LogP contribution in [0.15, 0.2) is 36.7 Å². The van der Waals surface area contributed by atoms with Crippen molar-refractivity contribution in [3.05, 3.63) is 58.6 Å². The van der Waals surface area contributed by atoms with Gasteiger partial charge in [0, 0.05) is 35.6 Å². The van der Waals surface area contributed by atoms with Crippen LogP contribution in [0.3, 0.4) is 0 Å². The van der Waals surface area contributed by atoms with Crippen LogP contribution in [0.4, 0.5) is 4.39 Å². The fourth-order valence-corrected chi connectivity index (χ4v) is 2.26. The molecule has 19 heavy (non-hydrogen) atoms. The third-order valence-corrected chi connectivity index (χ3v) is 3.40. The molecule has 0 fully saturated rings. The van der Waals surface area contributed by atoms with Gasteiger partial charge in [0.2, 0.25) is 0 Å². The first-order valence-electron chi connectivity index (χ1n) is 6.45. The molecule has 2 N–H and O–H groups in total. The van der Waals surface area contributed by atoms with Gasteiger partial charge in [0.15, 0.2) is 0 Å². The third kappa shape index (κ3) is 3.58. The first-order valence-corrected chi connectivity index (χ1v) is 6.83. The predicted octanol–water partition coefficient (Wildman–Crippen LogP) is 4.13. The van der Waals surface area contributed by atoms with Crippen molar-refractivity contribution in [1.29, 1.82) is 0 Å². The molecule has 2 aromatic rings. The van der Waals surface area contributed by atoms with Crippen LogP contribution < -0.4 is 5.73 Å². The van der Waals surface area contributed by atoms with Crippen molar-refractivity contribution in [1.82, 2.24) is 4.57 Å². The Morgan fingerprint density at radius 2 is 2.16 bits per heavy atom. The quantitative estimate of drug-likeness (QED) is 0.877. The van der Waals surface area contributed by atoms with Gasteiger partial charge in [0.1, 0.15) is 5.82 Å². The van der Waals surface area contributed by atoms with E-state index in [2.05, 4.69) is 6.92 Å². The lowest BCUT2D eigenvalue weighted by atomic mass is 10.1. The zero-order valence-electron chi connectivity index (χ0n) is 10.9. The maximum atomic E-state index is 13.7. The van der Waals surface area contributed by atoms with Crippen molar-refractivity contribution in [2.75, 3.05) is 0 Å². The van der Waals surface area contributed by atoms with E-state index in [9.17, 15) is 4.39 Å². The second kappa shape index (κ2) is 6.22. The van der Waals surface area contributed by atoms with Crippen molar-refractivity contribution in [3.8, 4) is 0 Å². The van der Waals surface area contributed by atoms with Gasteiger partial charge in [-0.05, 0) is 30.2 Å². The average molecular weight is 281 g/mol. The number of halogens is 2. The van der Waals surface area contributed by atoms with Gasteiger partial charge in [-0.15, -0.1) is 0 Å². The summed E-state index contributed by atoms with van der Waals surface area (Å²) in [7, 11) is 0. The van der Waals surface area contributed by atoms with Crippen LogP contribution in [-0.4, -0.2) is 4.57 Å². The van der Waals surface area contributed by atoms with E-state index in [1.165, 1.54) is 6.07 Å². The van der Waals surface area contributed by atoms with Crippen LogP contribution >= 0.6 is 11.6 Å². The van der Waals surface area contributed by atoms with E-state index in [-0.39, 0.29) is 11.9 Å². The molecule has 0 saturated heterocycles. The van der Waals surface area contributed by atoms with Crippen molar-refractivity contribution in [2.24, 2.45) is 5.73 Å². The Kier molecular flexibility index (Phi) is 4.61. The molecule has 1 aromatic carbocycles. The standard InChI is InChI=1S/C15H18ClFN2/c1-2-3-15(18)12-6-7-19(10-12)9-11-4-5-13(16)8-14(11)17/h4-8,10,15H,2-3,9,18H2,1H3. The van der Waals surface area contributed by atoms with E-state index < -0.39 is 0 Å². The summed E-state index contributed by atoms with van der Waals surface area (Å²) in [5.41, 5.74) is 7.77. The highest BCUT2D eigenvalue weighted by molar-refractivity contribution is 6.30. The molecule has 0 aliphatic carbocycles. The fourth-order valence-electron chi connectivity index (χ4n) is 2.10. The highest BCUT2D eigenvalue weighted by Crippen LogP contribution is 2.19. The van der Waals surface area contributed by atoms with E-state index in [0.29, 0.717) is 17.1 Å². The Morgan fingerprint density at radius 3 is 2.84 bits per heavy atom. The van der Waals surface area contributed by atoms with Crippen LogP contribution in [0, 0.1) is 5.82 Å². The number of aromatic nitrogens is 1. The molecule has 0 amide bonds. The Bertz CT molecular complexity index is 551. The summed E-state index contributed by atoms with van der Waals surface area (Å²) in [6, 6.07) is 6.80. The van der Waals surface area contributed by atoms with Crippen molar-refractivity contribution >= 4 is 11.6 Å². The molecule has 102 valence electrons. The van der Waals surface area contributed by atoms with Crippen molar-refractivity contribution in [3.63, 3.8) is 0 Å². The number of rotatable bonds is 5. The van der Waals surface area contributed by atoms with E-state index in [4.69, 9.17) is 17.3 Å². The number of nitrogens with two attached hydrogens (primary N) is 1. The Labute approximate surface area is 118 Å². The van der Waals surface area contributed by atoms with Gasteiger partial charge in [0.25, 0.3) is 0 Å². The lowest BCUT2D eigenvalue weighted by molar-refractivity contribution is 0.598. The maximum absolute atomic E-state index is 13.7. The van der Waals surface area contributed by atoms with E-state index in [1.807, 2.05) is 23.0 Å². The lowest BCUT2D eigenvalue weighted by Gasteiger charge is -2.08. The lowest BCUT2D eigenvalue weighted by Crippen LogP contribution is -2.08. The van der Waals surface area contributed by atoms with Gasteiger partial charge in [-0.25, -0.2) is 4.39 Å². The first-order chi connectivity index (χ1) is 9.10. The Hall–Kier alpha value is -1.32. The van der Waals surface area contributed by atoms with Crippen LogP contribution in [-0.2, 0) is 6.54 Å². The number of hydrogen-bond donors (Lipinski definition) is 1. The Morgan fingerprint density at radius 1 is 1.37 bits per heavy atom. The minimum Gasteiger partial charge on any atom is -0.349 e. The fraction of sp³-hybridized carbons (Fsp3) is 0.333. The third-order valence-electron chi connectivity index (χ3n) is 3.17. The molecule has 0 aliphatic heterocycles. The molecule has 0 spiro atoms. The summed E-state index contributed by atoms with van der Waals surface area (Å²) in [5, 5.41) is 0.416. The van der Waals surface area contributed by atoms with Crippen LogP contribution in [0.25, 0.3) is 0 Å². The molecule has 0 radical (unpaired) electrons. The van der Waals surface area contributed by atoms with Gasteiger partial charge in [0.05, 0.1) is 0 Å². The SMILES string of the molecule is CCCC(N)c1ccn(Cc2ccc(Cl)cc2F)c1. The summed E-state index contributed by atoms with van der Waals surface area (Å²) in [6.07, 6.45) is 5.92. The molecule has 1 unspecified atom stereocenters. The highest BCUT2D eigenvalue weighted by atomic mass is 35.5. The number of nitrogens with zero attached hydrogens (tertiary/aromatic N) is 1. The van der Waals surface area contributed by atoms with Gasteiger partial charge < -0.3 is 10.3 Å². The molecule has 0 saturated carbocycles. The zero-order chi connectivity index (χ0) is 13.8. The summed E-state index contributed by atoms with van der Waals surface area (Å²) < 4.78 is 15.6. The minimum absolute atomic E-state index is 0.0568. The van der Waals surface area contributed by atoms with Gasteiger partial charge in [-0.2, -0.15) is 0 Å². The van der Waals surface area contributed by atoms with E-state index in [0.717, 1.165) is 18.4 Å². The molecule has 2 nitrogen and oxygen atoms in total. The number of hydrogen-bond acceptors (Lipinski definition) is 1. The number of benzene rings is 1. The smallest absolute Gasteiger partial charge is 0.129 e. The van der Waals surface area contributed by atoms with E-state index in [1.54, 1.807) is 12.1 Å². The largest absolute Gasteiger partial charge is 0.349 e. The molecule has 0 bridgehead atoms. The maximum Gasteiger partial charge on any atom is 0.129 e. The minimum atomic E-state index is -0.277. The topological polar surface area (TPSA) is 30.9 Å². The molecule has 4 heteroatoms. The monoisotopic (exact) mass is 280 g/mol. The predicted molar refractivity (Wildman–Crippen MR) is 76.8 cm³/mol. The molecule has 2 rings (SSSR count). The molecular formula is C15H18ClFN2. The molecule has 0 aliphatic rings. The summed E-state index contributed by atoms with van der Waals surface area (Å²) >= 11 is 5.74. The second-order valence-corrected chi connectivity index (χ2v) is 5.18. The molecule has 1 atom stereocenters. The van der Waals surface area contributed by atoms with Gasteiger partial charge in [-0.1, -0.05) is 31.0 Å². The first kappa shape index (κ1) is 14.1. The highest BCUT2D eigenvalue weighted by Gasteiger charge is 2.08. The van der Waals surface area contributed by atoms with Gasteiger partial charge >= 0.3 is 0 Å². The average Bonchev–Trinajstić information content (AvgIpc) is 2.82. The summed E-state index contributed by atoms with van der Waals surface area (Å²) in [6.45, 7) is 2.60. The second-order valence-electron chi connectivity index (χ2n) is 4.75. The molecule has 1 heterocycles. The van der Waals surface area contributed by atoms with E-state index >= 15 is 0 Å². The van der Waals surface area contributed by atoms with Crippen molar-refractivity contribution < 1.29 is 4.39 Å². The summed E-state index contributed by atoms with van der Waals surface area (Å²) in [4.78, 5) is 0. The van der Waals surface area contributed by atoms with Gasteiger partial charge in [-0.3, -0.25) is 0 Å².